The molecule has 1 aromatic rings. The average molecular weight is 233 g/mol. The van der Waals surface area contributed by atoms with Gasteiger partial charge in [-0.1, -0.05) is 6.92 Å². The van der Waals surface area contributed by atoms with E-state index in [2.05, 4.69) is 17.2 Å². The summed E-state index contributed by atoms with van der Waals surface area (Å²) in [4.78, 5) is 16.1. The van der Waals surface area contributed by atoms with Crippen LogP contribution >= 0.6 is 0 Å². The third-order valence-corrected chi connectivity index (χ3v) is 3.27. The van der Waals surface area contributed by atoms with Crippen LogP contribution in [0.25, 0.3) is 0 Å². The summed E-state index contributed by atoms with van der Waals surface area (Å²) < 4.78 is 0. The van der Waals surface area contributed by atoms with Crippen LogP contribution in [0.4, 0.5) is 5.82 Å². The van der Waals surface area contributed by atoms with Gasteiger partial charge >= 0.3 is 0 Å². The average Bonchev–Trinajstić information content (AvgIpc) is 2.62. The predicted octanol–water partition coefficient (Wildman–Crippen LogP) is 1.89. The van der Waals surface area contributed by atoms with Crippen LogP contribution in [0.15, 0.2) is 12.1 Å². The highest BCUT2D eigenvalue weighted by Gasteiger charge is 2.23. The van der Waals surface area contributed by atoms with Crippen LogP contribution in [0.5, 0.6) is 0 Å². The largest absolute Gasteiger partial charge is 0.384 e. The lowest BCUT2D eigenvalue weighted by molar-refractivity contribution is 0.0937. The first-order valence-corrected chi connectivity index (χ1v) is 6.09. The Balaban J connectivity index is 2.04. The standard InChI is InChI=1S/C13H19N3O/c1-8-3-4-11(5-8)16-13(17)10-6-9(2)15-12(14)7-10/h6-8,11H,3-5H2,1-2H3,(H2,14,15)(H,16,17). The number of anilines is 1. The lowest BCUT2D eigenvalue weighted by atomic mass is 10.1. The maximum absolute atomic E-state index is 12.0. The number of rotatable bonds is 2. The normalized spacial score (nSPS) is 23.6. The first-order valence-electron chi connectivity index (χ1n) is 6.09. The van der Waals surface area contributed by atoms with Crippen molar-refractivity contribution in [3.8, 4) is 0 Å². The minimum absolute atomic E-state index is 0.0405. The van der Waals surface area contributed by atoms with Gasteiger partial charge in [-0.3, -0.25) is 4.79 Å². The number of pyridine rings is 1. The molecule has 0 bridgehead atoms. The van der Waals surface area contributed by atoms with Crippen LogP contribution in [-0.2, 0) is 0 Å². The molecule has 2 rings (SSSR count). The third kappa shape index (κ3) is 2.96. The number of amides is 1. The molecule has 0 saturated heterocycles. The Labute approximate surface area is 102 Å². The van der Waals surface area contributed by atoms with E-state index in [0.29, 0.717) is 23.3 Å². The molecule has 1 aromatic heterocycles. The van der Waals surface area contributed by atoms with Gasteiger partial charge in [-0.05, 0) is 44.2 Å². The van der Waals surface area contributed by atoms with E-state index in [0.717, 1.165) is 18.5 Å². The number of aromatic nitrogens is 1. The van der Waals surface area contributed by atoms with Crippen LogP contribution in [0.1, 0.15) is 42.2 Å². The van der Waals surface area contributed by atoms with E-state index in [1.54, 1.807) is 12.1 Å². The van der Waals surface area contributed by atoms with Crippen molar-refractivity contribution in [3.05, 3.63) is 23.4 Å². The van der Waals surface area contributed by atoms with E-state index < -0.39 is 0 Å². The summed E-state index contributed by atoms with van der Waals surface area (Å²) in [6.45, 7) is 4.06. The zero-order chi connectivity index (χ0) is 12.4. The van der Waals surface area contributed by atoms with Gasteiger partial charge in [0.1, 0.15) is 5.82 Å². The lowest BCUT2D eigenvalue weighted by Gasteiger charge is -2.12. The van der Waals surface area contributed by atoms with Crippen molar-refractivity contribution in [1.29, 1.82) is 0 Å². The Morgan fingerprint density at radius 1 is 1.47 bits per heavy atom. The van der Waals surface area contributed by atoms with Gasteiger partial charge in [0.2, 0.25) is 0 Å². The van der Waals surface area contributed by atoms with Crippen molar-refractivity contribution < 1.29 is 4.79 Å². The molecule has 4 heteroatoms. The number of hydrogen-bond acceptors (Lipinski definition) is 3. The number of carbonyl (C=O) groups is 1. The fourth-order valence-electron chi connectivity index (χ4n) is 2.43. The second kappa shape index (κ2) is 4.73. The van der Waals surface area contributed by atoms with E-state index in [4.69, 9.17) is 5.73 Å². The maximum atomic E-state index is 12.0. The molecule has 1 heterocycles. The molecule has 2 atom stereocenters. The quantitative estimate of drug-likeness (QED) is 0.819. The predicted molar refractivity (Wildman–Crippen MR) is 67.7 cm³/mol. The molecule has 1 aliphatic rings. The highest BCUT2D eigenvalue weighted by molar-refractivity contribution is 5.95. The van der Waals surface area contributed by atoms with Crippen LogP contribution in [-0.4, -0.2) is 16.9 Å². The SMILES string of the molecule is Cc1cc(C(=O)NC2CCC(C)C2)cc(N)n1. The first kappa shape index (κ1) is 11.9. The second-order valence-electron chi connectivity index (χ2n) is 5.01. The number of nitrogens with zero attached hydrogens (tertiary/aromatic N) is 1. The topological polar surface area (TPSA) is 68.0 Å². The Bertz CT molecular complexity index is 410. The molecular formula is C13H19N3O. The molecule has 1 amide bonds. The lowest BCUT2D eigenvalue weighted by Crippen LogP contribution is -2.33. The summed E-state index contributed by atoms with van der Waals surface area (Å²) in [7, 11) is 0. The van der Waals surface area contributed by atoms with Gasteiger partial charge in [0, 0.05) is 17.3 Å². The molecule has 1 aliphatic carbocycles. The van der Waals surface area contributed by atoms with E-state index in [-0.39, 0.29) is 5.91 Å². The van der Waals surface area contributed by atoms with Gasteiger partial charge in [0.05, 0.1) is 0 Å². The highest BCUT2D eigenvalue weighted by atomic mass is 16.1. The van der Waals surface area contributed by atoms with Crippen molar-refractivity contribution in [2.75, 3.05) is 5.73 Å². The van der Waals surface area contributed by atoms with E-state index in [9.17, 15) is 4.79 Å². The summed E-state index contributed by atoms with van der Waals surface area (Å²) in [6.07, 6.45) is 3.35. The molecule has 0 aliphatic heterocycles. The van der Waals surface area contributed by atoms with Crippen molar-refractivity contribution in [3.63, 3.8) is 0 Å². The Morgan fingerprint density at radius 2 is 2.24 bits per heavy atom. The van der Waals surface area contributed by atoms with Gasteiger partial charge in [-0.2, -0.15) is 0 Å². The van der Waals surface area contributed by atoms with Crippen LogP contribution in [0.2, 0.25) is 0 Å². The fourth-order valence-corrected chi connectivity index (χ4v) is 2.43. The molecular weight excluding hydrogens is 214 g/mol. The van der Waals surface area contributed by atoms with Crippen molar-refractivity contribution >= 4 is 11.7 Å². The van der Waals surface area contributed by atoms with E-state index in [1.807, 2.05) is 6.92 Å². The number of aryl methyl sites for hydroxylation is 1. The Kier molecular flexibility index (Phi) is 3.31. The molecule has 17 heavy (non-hydrogen) atoms. The molecule has 4 nitrogen and oxygen atoms in total. The number of hydrogen-bond donors (Lipinski definition) is 2. The molecule has 1 fully saturated rings. The molecule has 0 aromatic carbocycles. The molecule has 0 radical (unpaired) electrons. The maximum Gasteiger partial charge on any atom is 0.251 e. The highest BCUT2D eigenvalue weighted by Crippen LogP contribution is 2.24. The van der Waals surface area contributed by atoms with E-state index >= 15 is 0 Å². The molecule has 92 valence electrons. The minimum Gasteiger partial charge on any atom is -0.384 e. The Hall–Kier alpha value is -1.58. The van der Waals surface area contributed by atoms with Gasteiger partial charge in [0.25, 0.3) is 5.91 Å². The number of nitrogens with one attached hydrogen (secondary N) is 1. The summed E-state index contributed by atoms with van der Waals surface area (Å²) in [6, 6.07) is 3.71. The smallest absolute Gasteiger partial charge is 0.251 e. The first-order chi connectivity index (χ1) is 8.04. The van der Waals surface area contributed by atoms with Crippen molar-refractivity contribution in [2.45, 2.75) is 39.2 Å². The number of nitrogens with two attached hydrogens (primary N) is 1. The Morgan fingerprint density at radius 3 is 2.82 bits per heavy atom. The monoisotopic (exact) mass is 233 g/mol. The zero-order valence-electron chi connectivity index (χ0n) is 10.4. The summed E-state index contributed by atoms with van der Waals surface area (Å²) in [5.41, 5.74) is 7.02. The van der Waals surface area contributed by atoms with Crippen LogP contribution in [0.3, 0.4) is 0 Å². The summed E-state index contributed by atoms with van der Waals surface area (Å²) >= 11 is 0. The zero-order valence-corrected chi connectivity index (χ0v) is 10.4. The second-order valence-corrected chi connectivity index (χ2v) is 5.01. The van der Waals surface area contributed by atoms with Gasteiger partial charge in [-0.15, -0.1) is 0 Å². The van der Waals surface area contributed by atoms with Crippen molar-refractivity contribution in [2.24, 2.45) is 5.92 Å². The molecule has 2 unspecified atom stereocenters. The summed E-state index contributed by atoms with van der Waals surface area (Å²) in [5.74, 6) is 1.07. The van der Waals surface area contributed by atoms with E-state index in [1.165, 1.54) is 6.42 Å². The molecule has 1 saturated carbocycles. The van der Waals surface area contributed by atoms with Gasteiger partial charge < -0.3 is 11.1 Å². The number of nitrogen functional groups attached to an aromatic ring is 1. The number of carbonyl (C=O) groups excluding carboxylic acids is 1. The third-order valence-electron chi connectivity index (χ3n) is 3.27. The molecule has 0 spiro atoms. The molecule has 3 N–H and O–H groups in total. The van der Waals surface area contributed by atoms with Gasteiger partial charge in [0.15, 0.2) is 0 Å². The fraction of sp³-hybridized carbons (Fsp3) is 0.538. The van der Waals surface area contributed by atoms with Crippen LogP contribution < -0.4 is 11.1 Å². The van der Waals surface area contributed by atoms with Crippen LogP contribution in [0, 0.1) is 12.8 Å². The van der Waals surface area contributed by atoms with Crippen molar-refractivity contribution in [1.82, 2.24) is 10.3 Å². The summed E-state index contributed by atoms with van der Waals surface area (Å²) in [5, 5.41) is 3.06. The van der Waals surface area contributed by atoms with Gasteiger partial charge in [-0.25, -0.2) is 4.98 Å². The minimum atomic E-state index is -0.0405.